The minimum absolute atomic E-state index is 0. The molecule has 0 fully saturated rings. The molecule has 5 heteroatoms. The zero-order chi connectivity index (χ0) is 36.4. The van der Waals surface area contributed by atoms with Crippen molar-refractivity contribution in [3.8, 4) is 44.9 Å². The summed E-state index contributed by atoms with van der Waals surface area (Å²) in [4.78, 5) is 14.2. The number of nitrogens with zero attached hydrogens (tertiary/aromatic N) is 3. The molecule has 0 spiro atoms. The van der Waals surface area contributed by atoms with Gasteiger partial charge in [-0.3, -0.25) is 0 Å². The molecule has 53 heavy (non-hydrogen) atoms. The zero-order valence-electron chi connectivity index (χ0n) is 31.3. The SMILES string of the molecule is Cc1cc(-c2[c-]ccc3c2oc2nc(-c4c(C)cc(-c5ccccc5)cc4C)ccc23)ncc1CC(C)(C)C.Cc1ccc(-c2[c-]cccc2)nc1.[Ir]. The van der Waals surface area contributed by atoms with Crippen molar-refractivity contribution in [3.05, 3.63) is 162 Å². The Morgan fingerprint density at radius 3 is 2.00 bits per heavy atom. The number of aryl methyl sites for hydroxylation is 4. The van der Waals surface area contributed by atoms with E-state index in [9.17, 15) is 0 Å². The van der Waals surface area contributed by atoms with Crippen molar-refractivity contribution in [1.82, 2.24) is 15.0 Å². The van der Waals surface area contributed by atoms with Gasteiger partial charge in [0, 0.05) is 43.4 Å². The van der Waals surface area contributed by atoms with E-state index in [0.29, 0.717) is 5.71 Å². The van der Waals surface area contributed by atoms with Gasteiger partial charge in [0.05, 0.1) is 11.3 Å². The van der Waals surface area contributed by atoms with Crippen molar-refractivity contribution in [2.24, 2.45) is 5.41 Å². The second kappa shape index (κ2) is 15.8. The van der Waals surface area contributed by atoms with Crippen LogP contribution in [0.4, 0.5) is 0 Å². The Bertz CT molecular complexity index is 2470. The van der Waals surface area contributed by atoms with Crippen LogP contribution >= 0.6 is 0 Å². The Morgan fingerprint density at radius 2 is 1.34 bits per heavy atom. The van der Waals surface area contributed by atoms with Crippen LogP contribution in [0.15, 0.2) is 126 Å². The summed E-state index contributed by atoms with van der Waals surface area (Å²) in [5.41, 5.74) is 16.0. The Kier molecular flexibility index (Phi) is 11.2. The maximum absolute atomic E-state index is 6.44. The standard InChI is InChI=1S/C36H33N2O.C12H10N.Ir/c1-22-19-32(37-21-27(22)20-36(4,5)6)30-14-10-13-28-29-15-16-31(38-35(29)39-34(28)30)33-23(2)17-26(18-24(33)3)25-11-8-7-9-12-25;1-10-7-8-12(13-9-10)11-5-3-2-4-6-11;/h7-13,15-19,21H,20H2,1-6H3;2-5,7-9H,1H3;/q2*-1;. The topological polar surface area (TPSA) is 51.8 Å². The van der Waals surface area contributed by atoms with Crippen LogP contribution in [0, 0.1) is 45.2 Å². The molecule has 0 aliphatic carbocycles. The summed E-state index contributed by atoms with van der Waals surface area (Å²) in [5.74, 6) is 0. The molecule has 8 aromatic rings. The maximum Gasteiger partial charge on any atom is 0.216 e. The van der Waals surface area contributed by atoms with Crippen LogP contribution in [0.1, 0.15) is 48.6 Å². The van der Waals surface area contributed by atoms with Gasteiger partial charge in [0.2, 0.25) is 5.71 Å². The summed E-state index contributed by atoms with van der Waals surface area (Å²) in [7, 11) is 0. The molecule has 0 unspecified atom stereocenters. The number of benzene rings is 4. The van der Waals surface area contributed by atoms with Gasteiger partial charge in [-0.1, -0.05) is 97.9 Å². The molecule has 4 aromatic carbocycles. The molecule has 267 valence electrons. The average Bonchev–Trinajstić information content (AvgIpc) is 3.51. The summed E-state index contributed by atoms with van der Waals surface area (Å²) >= 11 is 0. The molecule has 4 aromatic heterocycles. The van der Waals surface area contributed by atoms with Crippen LogP contribution in [0.3, 0.4) is 0 Å². The number of rotatable bonds is 5. The normalized spacial score (nSPS) is 11.2. The first-order valence-corrected chi connectivity index (χ1v) is 17.8. The molecule has 0 saturated carbocycles. The molecule has 0 aliphatic heterocycles. The Balaban J connectivity index is 0.000000289. The van der Waals surface area contributed by atoms with E-state index in [1.807, 2.05) is 61.8 Å². The van der Waals surface area contributed by atoms with Gasteiger partial charge in [-0.05, 0) is 96.4 Å². The van der Waals surface area contributed by atoms with Crippen molar-refractivity contribution >= 4 is 22.1 Å². The van der Waals surface area contributed by atoms with Crippen molar-refractivity contribution in [1.29, 1.82) is 0 Å². The summed E-state index contributed by atoms with van der Waals surface area (Å²) in [6, 6.07) is 43.8. The smallest absolute Gasteiger partial charge is 0.216 e. The van der Waals surface area contributed by atoms with Gasteiger partial charge < -0.3 is 14.4 Å². The number of hydrogen-bond donors (Lipinski definition) is 0. The van der Waals surface area contributed by atoms with Crippen LogP contribution in [0.25, 0.3) is 67.0 Å². The molecule has 4 nitrogen and oxygen atoms in total. The van der Waals surface area contributed by atoms with Crippen LogP contribution in [-0.4, -0.2) is 15.0 Å². The van der Waals surface area contributed by atoms with Crippen molar-refractivity contribution in [2.45, 2.75) is 54.9 Å². The van der Waals surface area contributed by atoms with Gasteiger partial charge in [0.1, 0.15) is 0 Å². The quantitative estimate of drug-likeness (QED) is 0.162. The first-order chi connectivity index (χ1) is 25.0. The van der Waals surface area contributed by atoms with E-state index in [-0.39, 0.29) is 25.5 Å². The fourth-order valence-corrected chi connectivity index (χ4v) is 6.77. The van der Waals surface area contributed by atoms with E-state index >= 15 is 0 Å². The third-order valence-electron chi connectivity index (χ3n) is 9.29. The number of pyridine rings is 3. The molecule has 0 saturated heterocycles. The molecule has 0 amide bonds. The van der Waals surface area contributed by atoms with Crippen LogP contribution in [0.2, 0.25) is 0 Å². The minimum atomic E-state index is 0. The Hall–Kier alpha value is -5.22. The molecule has 0 N–H and O–H groups in total. The van der Waals surface area contributed by atoms with Gasteiger partial charge in [0.15, 0.2) is 0 Å². The molecule has 8 rings (SSSR count). The largest absolute Gasteiger partial charge is 0.486 e. The number of hydrogen-bond acceptors (Lipinski definition) is 4. The van der Waals surface area contributed by atoms with Crippen molar-refractivity contribution in [3.63, 3.8) is 0 Å². The predicted molar refractivity (Wildman–Crippen MR) is 215 cm³/mol. The van der Waals surface area contributed by atoms with E-state index in [1.54, 1.807) is 0 Å². The van der Waals surface area contributed by atoms with Gasteiger partial charge in [-0.15, -0.1) is 54.1 Å². The first kappa shape index (κ1) is 37.5. The van der Waals surface area contributed by atoms with Crippen molar-refractivity contribution < 1.29 is 24.5 Å². The molecular formula is C48H43IrN3O-2. The summed E-state index contributed by atoms with van der Waals surface area (Å²) in [5, 5.41) is 2.03. The van der Waals surface area contributed by atoms with Crippen molar-refractivity contribution in [2.75, 3.05) is 0 Å². The first-order valence-electron chi connectivity index (χ1n) is 17.8. The maximum atomic E-state index is 6.44. The van der Waals surface area contributed by atoms with Gasteiger partial charge in [-0.2, -0.15) is 0 Å². The monoisotopic (exact) mass is 870 g/mol. The van der Waals surface area contributed by atoms with Crippen LogP contribution in [0.5, 0.6) is 0 Å². The van der Waals surface area contributed by atoms with Gasteiger partial charge in [0.25, 0.3) is 0 Å². The second-order valence-electron chi connectivity index (χ2n) is 14.8. The third kappa shape index (κ3) is 8.38. The Labute approximate surface area is 326 Å². The average molecular weight is 870 g/mol. The van der Waals surface area contributed by atoms with E-state index in [2.05, 4.69) is 125 Å². The third-order valence-corrected chi connectivity index (χ3v) is 9.29. The predicted octanol–water partition coefficient (Wildman–Crippen LogP) is 12.5. The molecular weight excluding hydrogens is 827 g/mol. The second-order valence-corrected chi connectivity index (χ2v) is 14.8. The number of aromatic nitrogens is 3. The Morgan fingerprint density at radius 1 is 0.623 bits per heavy atom. The number of furan rings is 1. The molecule has 1 radical (unpaired) electrons. The van der Waals surface area contributed by atoms with Crippen LogP contribution < -0.4 is 0 Å². The van der Waals surface area contributed by atoms with E-state index in [4.69, 9.17) is 14.4 Å². The van der Waals surface area contributed by atoms with E-state index in [0.717, 1.165) is 56.5 Å². The van der Waals surface area contributed by atoms with Gasteiger partial charge >= 0.3 is 0 Å². The molecule has 0 aliphatic rings. The minimum Gasteiger partial charge on any atom is -0.486 e. The number of fused-ring (bicyclic) bond motifs is 3. The summed E-state index contributed by atoms with van der Waals surface area (Å²) < 4.78 is 6.44. The summed E-state index contributed by atoms with van der Waals surface area (Å²) in [6.45, 7) is 15.3. The zero-order valence-corrected chi connectivity index (χ0v) is 33.7. The molecule has 0 bridgehead atoms. The summed E-state index contributed by atoms with van der Waals surface area (Å²) in [6.07, 6.45) is 4.87. The van der Waals surface area contributed by atoms with Crippen LogP contribution in [-0.2, 0) is 26.5 Å². The van der Waals surface area contributed by atoms with E-state index < -0.39 is 0 Å². The molecule has 4 heterocycles. The fourth-order valence-electron chi connectivity index (χ4n) is 6.77. The van der Waals surface area contributed by atoms with Gasteiger partial charge in [-0.25, -0.2) is 4.98 Å². The fraction of sp³-hybridized carbons (Fsp3) is 0.188. The molecule has 0 atom stereocenters. The van der Waals surface area contributed by atoms with E-state index in [1.165, 1.54) is 38.9 Å².